The predicted molar refractivity (Wildman–Crippen MR) is 84.2 cm³/mol. The van der Waals surface area contributed by atoms with E-state index in [-0.39, 0.29) is 6.04 Å². The maximum Gasteiger partial charge on any atom is 0.407 e. The largest absolute Gasteiger partial charge is 0.444 e. The highest BCUT2D eigenvalue weighted by molar-refractivity contribution is 5.67. The van der Waals surface area contributed by atoms with Crippen molar-refractivity contribution in [1.82, 2.24) is 5.32 Å². The van der Waals surface area contributed by atoms with Gasteiger partial charge in [-0.25, -0.2) is 4.79 Å². The molecule has 0 saturated heterocycles. The second kappa shape index (κ2) is 6.48. The summed E-state index contributed by atoms with van der Waals surface area (Å²) < 4.78 is 5.21. The maximum atomic E-state index is 11.6. The second-order valence-corrected chi connectivity index (χ2v) is 6.72. The normalized spacial score (nSPS) is 16.0. The number of alkyl carbamates (subject to hydrolysis) is 1. The minimum absolute atomic E-state index is 0.204. The summed E-state index contributed by atoms with van der Waals surface area (Å²) in [6.07, 6.45) is 4.41. The minimum atomic E-state index is -0.486. The number of hydrogen-bond acceptors (Lipinski definition) is 3. The predicted octanol–water partition coefficient (Wildman–Crippen LogP) is 3.09. The first-order valence-corrected chi connectivity index (χ1v) is 7.69. The molecule has 1 amide bonds. The van der Waals surface area contributed by atoms with Crippen molar-refractivity contribution in [3.63, 3.8) is 0 Å². The maximum absolute atomic E-state index is 11.6. The van der Waals surface area contributed by atoms with Gasteiger partial charge in [-0.15, -0.1) is 0 Å². The summed E-state index contributed by atoms with van der Waals surface area (Å²) in [7, 11) is 0. The lowest BCUT2D eigenvalue weighted by Crippen LogP contribution is -2.36. The van der Waals surface area contributed by atoms with Gasteiger partial charge in [0.15, 0.2) is 0 Å². The van der Waals surface area contributed by atoms with Gasteiger partial charge in [0.1, 0.15) is 5.60 Å². The molecule has 1 aromatic rings. The third-order valence-electron chi connectivity index (χ3n) is 3.67. The average Bonchev–Trinajstić information content (AvgIpc) is 2.42. The van der Waals surface area contributed by atoms with Gasteiger partial charge in [0, 0.05) is 12.6 Å². The van der Waals surface area contributed by atoms with Crippen LogP contribution in [0.25, 0.3) is 0 Å². The fourth-order valence-corrected chi connectivity index (χ4v) is 2.61. The number of nitrogens with two attached hydrogens (primary N) is 1. The lowest BCUT2D eigenvalue weighted by Gasteiger charge is -2.22. The van der Waals surface area contributed by atoms with Crippen molar-refractivity contribution >= 4 is 6.09 Å². The van der Waals surface area contributed by atoms with E-state index in [4.69, 9.17) is 10.5 Å². The van der Waals surface area contributed by atoms with Crippen LogP contribution in [0.2, 0.25) is 0 Å². The van der Waals surface area contributed by atoms with Crippen molar-refractivity contribution in [2.45, 2.75) is 58.1 Å². The number of ether oxygens (including phenoxy) is 1. The molecular formula is C17H26N2O2. The molecule has 1 aliphatic carbocycles. The number of amides is 1. The molecule has 0 radical (unpaired) electrons. The van der Waals surface area contributed by atoms with Gasteiger partial charge < -0.3 is 15.8 Å². The molecule has 0 aliphatic heterocycles. The van der Waals surface area contributed by atoms with Crippen LogP contribution in [-0.4, -0.2) is 18.2 Å². The van der Waals surface area contributed by atoms with Crippen molar-refractivity contribution in [1.29, 1.82) is 0 Å². The Morgan fingerprint density at radius 2 is 1.95 bits per heavy atom. The first-order valence-electron chi connectivity index (χ1n) is 7.69. The Balaban J connectivity index is 1.91. The second-order valence-electron chi connectivity index (χ2n) is 6.72. The van der Waals surface area contributed by atoms with Crippen molar-refractivity contribution < 1.29 is 9.53 Å². The molecule has 0 bridgehead atoms. The molecule has 1 aliphatic rings. The molecule has 21 heavy (non-hydrogen) atoms. The Kier molecular flexibility index (Phi) is 4.88. The summed E-state index contributed by atoms with van der Waals surface area (Å²) in [5, 5.41) is 2.73. The fraction of sp³-hybridized carbons (Fsp3) is 0.588. The standard InChI is InChI=1S/C17H26N2O2/c1-17(2,3)21-16(20)19-11-15(18)14-9-8-12-6-4-5-7-13(12)10-14/h8-10,15H,4-7,11,18H2,1-3H3,(H,19,20). The zero-order chi connectivity index (χ0) is 15.5. The number of aryl methyl sites for hydroxylation is 2. The van der Waals surface area contributed by atoms with Gasteiger partial charge in [0.2, 0.25) is 0 Å². The van der Waals surface area contributed by atoms with Gasteiger partial charge in [-0.1, -0.05) is 18.2 Å². The lowest BCUT2D eigenvalue weighted by molar-refractivity contribution is 0.0524. The quantitative estimate of drug-likeness (QED) is 0.899. The first-order chi connectivity index (χ1) is 9.85. The van der Waals surface area contributed by atoms with Gasteiger partial charge in [-0.05, 0) is 63.1 Å². The van der Waals surface area contributed by atoms with Crippen LogP contribution in [0.5, 0.6) is 0 Å². The van der Waals surface area contributed by atoms with Crippen LogP contribution < -0.4 is 11.1 Å². The Morgan fingerprint density at radius 3 is 2.62 bits per heavy atom. The number of benzene rings is 1. The van der Waals surface area contributed by atoms with Gasteiger partial charge >= 0.3 is 6.09 Å². The molecule has 0 fully saturated rings. The van der Waals surface area contributed by atoms with Crippen molar-refractivity contribution in [3.8, 4) is 0 Å². The van der Waals surface area contributed by atoms with Crippen LogP contribution in [0, 0.1) is 0 Å². The smallest absolute Gasteiger partial charge is 0.407 e. The van der Waals surface area contributed by atoms with Crippen LogP contribution in [0.4, 0.5) is 4.79 Å². The summed E-state index contributed by atoms with van der Waals surface area (Å²) in [5.41, 5.74) is 9.61. The lowest BCUT2D eigenvalue weighted by atomic mass is 9.89. The number of carbonyl (C=O) groups excluding carboxylic acids is 1. The van der Waals surface area contributed by atoms with Crippen LogP contribution >= 0.6 is 0 Å². The summed E-state index contributed by atoms with van der Waals surface area (Å²) in [4.78, 5) is 11.6. The van der Waals surface area contributed by atoms with Crippen molar-refractivity contribution in [3.05, 3.63) is 34.9 Å². The Hall–Kier alpha value is -1.55. The molecule has 0 heterocycles. The topological polar surface area (TPSA) is 64.3 Å². The van der Waals surface area contributed by atoms with Crippen LogP contribution in [0.15, 0.2) is 18.2 Å². The molecule has 4 heteroatoms. The number of carbonyl (C=O) groups is 1. The zero-order valence-corrected chi connectivity index (χ0v) is 13.2. The molecular weight excluding hydrogens is 264 g/mol. The SMILES string of the molecule is CC(C)(C)OC(=O)NCC(N)c1ccc2c(c1)CCCC2. The van der Waals surface area contributed by atoms with E-state index in [0.717, 1.165) is 12.0 Å². The Labute approximate surface area is 127 Å². The summed E-state index contributed by atoms with van der Waals surface area (Å²) >= 11 is 0. The first kappa shape index (κ1) is 15.8. The van der Waals surface area contributed by atoms with E-state index in [1.54, 1.807) is 0 Å². The van der Waals surface area contributed by atoms with Gasteiger partial charge in [-0.3, -0.25) is 0 Å². The number of hydrogen-bond donors (Lipinski definition) is 2. The van der Waals surface area contributed by atoms with Crippen LogP contribution in [-0.2, 0) is 17.6 Å². The molecule has 1 aromatic carbocycles. The summed E-state index contributed by atoms with van der Waals surface area (Å²) in [6.45, 7) is 5.91. The molecule has 1 atom stereocenters. The highest BCUT2D eigenvalue weighted by Crippen LogP contribution is 2.24. The zero-order valence-electron chi connectivity index (χ0n) is 13.2. The summed E-state index contributed by atoms with van der Waals surface area (Å²) in [6, 6.07) is 6.24. The molecule has 1 unspecified atom stereocenters. The van der Waals surface area contributed by atoms with Gasteiger partial charge in [0.05, 0.1) is 0 Å². The molecule has 116 valence electrons. The van der Waals surface area contributed by atoms with Gasteiger partial charge in [0.25, 0.3) is 0 Å². The monoisotopic (exact) mass is 290 g/mol. The number of nitrogens with one attached hydrogen (secondary N) is 1. The number of fused-ring (bicyclic) bond motifs is 1. The molecule has 4 nitrogen and oxygen atoms in total. The molecule has 0 aromatic heterocycles. The Morgan fingerprint density at radius 1 is 1.29 bits per heavy atom. The van der Waals surface area contributed by atoms with E-state index < -0.39 is 11.7 Å². The van der Waals surface area contributed by atoms with E-state index in [1.165, 1.54) is 30.4 Å². The minimum Gasteiger partial charge on any atom is -0.444 e. The fourth-order valence-electron chi connectivity index (χ4n) is 2.61. The van der Waals surface area contributed by atoms with E-state index in [9.17, 15) is 4.79 Å². The molecule has 0 saturated carbocycles. The number of rotatable bonds is 3. The third-order valence-corrected chi connectivity index (χ3v) is 3.67. The van der Waals surface area contributed by atoms with Crippen LogP contribution in [0.1, 0.15) is 56.3 Å². The highest BCUT2D eigenvalue weighted by Gasteiger charge is 2.17. The highest BCUT2D eigenvalue weighted by atomic mass is 16.6. The molecule has 3 N–H and O–H groups in total. The van der Waals surface area contributed by atoms with E-state index in [2.05, 4.69) is 23.5 Å². The van der Waals surface area contributed by atoms with E-state index in [1.807, 2.05) is 20.8 Å². The molecule has 0 spiro atoms. The van der Waals surface area contributed by atoms with Crippen LogP contribution in [0.3, 0.4) is 0 Å². The van der Waals surface area contributed by atoms with Crippen molar-refractivity contribution in [2.24, 2.45) is 5.73 Å². The van der Waals surface area contributed by atoms with E-state index in [0.29, 0.717) is 6.54 Å². The van der Waals surface area contributed by atoms with Crippen molar-refractivity contribution in [2.75, 3.05) is 6.54 Å². The molecule has 2 rings (SSSR count). The van der Waals surface area contributed by atoms with Gasteiger partial charge in [-0.2, -0.15) is 0 Å². The third kappa shape index (κ3) is 4.74. The van der Waals surface area contributed by atoms with E-state index >= 15 is 0 Å². The average molecular weight is 290 g/mol. The summed E-state index contributed by atoms with van der Waals surface area (Å²) in [5.74, 6) is 0. The Bertz CT molecular complexity index is 506.